The number of nitrogens with zero attached hydrogens (tertiary/aromatic N) is 2. The number of H-pyrrole nitrogens is 2. The second-order valence-electron chi connectivity index (χ2n) is 5.32. The summed E-state index contributed by atoms with van der Waals surface area (Å²) >= 11 is 2.03. The molecular weight excluding hydrogens is 272 g/mol. The Morgan fingerprint density at radius 3 is 3.25 bits per heavy atom. The molecule has 1 saturated heterocycles. The van der Waals surface area contributed by atoms with E-state index in [1.54, 1.807) is 0 Å². The van der Waals surface area contributed by atoms with Crippen LogP contribution in [0.25, 0.3) is 11.0 Å². The maximum Gasteiger partial charge on any atom is 0.275 e. The molecule has 6 heteroatoms. The largest absolute Gasteiger partial charge is 0.355 e. The molecule has 3 rings (SSSR count). The third-order valence-electron chi connectivity index (χ3n) is 3.87. The molecule has 2 N–H and O–H groups in total. The SMILES string of the molecule is CCSCC1CCN(Cc2c[nH]c3c(=O)[nH]cnc23)C1. The maximum atomic E-state index is 11.7. The van der Waals surface area contributed by atoms with Crippen molar-refractivity contribution in [1.82, 2.24) is 19.9 Å². The third-order valence-corrected chi connectivity index (χ3v) is 4.99. The number of fused-ring (bicyclic) bond motifs is 1. The Morgan fingerprint density at radius 2 is 2.40 bits per heavy atom. The molecule has 0 saturated carbocycles. The lowest BCUT2D eigenvalue weighted by Crippen LogP contribution is -2.20. The van der Waals surface area contributed by atoms with Gasteiger partial charge in [0.25, 0.3) is 5.56 Å². The van der Waals surface area contributed by atoms with Gasteiger partial charge in [-0.15, -0.1) is 0 Å². The molecule has 0 aliphatic carbocycles. The van der Waals surface area contributed by atoms with Gasteiger partial charge in [0.2, 0.25) is 0 Å². The summed E-state index contributed by atoms with van der Waals surface area (Å²) < 4.78 is 0. The van der Waals surface area contributed by atoms with Crippen LogP contribution in [0, 0.1) is 5.92 Å². The van der Waals surface area contributed by atoms with Gasteiger partial charge in [0.15, 0.2) is 0 Å². The van der Waals surface area contributed by atoms with E-state index in [4.69, 9.17) is 0 Å². The minimum Gasteiger partial charge on any atom is -0.355 e. The molecular formula is C14H20N4OS. The van der Waals surface area contributed by atoms with Crippen LogP contribution in [-0.4, -0.2) is 44.4 Å². The van der Waals surface area contributed by atoms with Crippen molar-refractivity contribution in [2.45, 2.75) is 19.9 Å². The second-order valence-corrected chi connectivity index (χ2v) is 6.64. The van der Waals surface area contributed by atoms with Gasteiger partial charge in [0, 0.05) is 24.8 Å². The molecule has 2 aromatic rings. The van der Waals surface area contributed by atoms with Crippen LogP contribution in [0.1, 0.15) is 18.9 Å². The van der Waals surface area contributed by atoms with E-state index >= 15 is 0 Å². The molecule has 1 fully saturated rings. The Balaban J connectivity index is 1.69. The van der Waals surface area contributed by atoms with Gasteiger partial charge in [-0.05, 0) is 30.4 Å². The molecule has 20 heavy (non-hydrogen) atoms. The van der Waals surface area contributed by atoms with E-state index in [0.717, 1.165) is 36.6 Å². The molecule has 1 aliphatic rings. The molecule has 0 radical (unpaired) electrons. The number of hydrogen-bond donors (Lipinski definition) is 2. The van der Waals surface area contributed by atoms with E-state index in [-0.39, 0.29) is 5.56 Å². The van der Waals surface area contributed by atoms with E-state index in [9.17, 15) is 4.79 Å². The monoisotopic (exact) mass is 292 g/mol. The van der Waals surface area contributed by atoms with E-state index < -0.39 is 0 Å². The van der Waals surface area contributed by atoms with E-state index in [2.05, 4.69) is 26.8 Å². The standard InChI is InChI=1S/C14H20N4OS/c1-2-20-8-10-3-4-18(6-10)7-11-5-15-13-12(11)16-9-17-14(13)19/h5,9-10,15H,2-4,6-8H2,1H3,(H,16,17,19). The average Bonchev–Trinajstić information content (AvgIpc) is 3.06. The van der Waals surface area contributed by atoms with Crippen LogP contribution in [-0.2, 0) is 6.54 Å². The molecule has 0 bridgehead atoms. The Hall–Kier alpha value is -1.27. The number of aromatic nitrogens is 3. The fourth-order valence-electron chi connectivity index (χ4n) is 2.84. The molecule has 0 amide bonds. The van der Waals surface area contributed by atoms with Crippen LogP contribution in [0.4, 0.5) is 0 Å². The van der Waals surface area contributed by atoms with Crippen molar-refractivity contribution in [3.8, 4) is 0 Å². The van der Waals surface area contributed by atoms with Crippen molar-refractivity contribution in [2.75, 3.05) is 24.6 Å². The zero-order chi connectivity index (χ0) is 13.9. The summed E-state index contributed by atoms with van der Waals surface area (Å²) in [5.41, 5.74) is 2.41. The Morgan fingerprint density at radius 1 is 1.50 bits per heavy atom. The minimum atomic E-state index is -0.0973. The van der Waals surface area contributed by atoms with Gasteiger partial charge >= 0.3 is 0 Å². The van der Waals surface area contributed by atoms with Crippen molar-refractivity contribution in [2.24, 2.45) is 5.92 Å². The zero-order valence-corrected chi connectivity index (χ0v) is 12.5. The zero-order valence-electron chi connectivity index (χ0n) is 11.7. The number of likely N-dealkylation sites (tertiary alicyclic amines) is 1. The summed E-state index contributed by atoms with van der Waals surface area (Å²) in [6.45, 7) is 5.39. The fraction of sp³-hybridized carbons (Fsp3) is 0.571. The molecule has 2 aromatic heterocycles. The highest BCUT2D eigenvalue weighted by molar-refractivity contribution is 7.99. The predicted octanol–water partition coefficient (Wildman–Crippen LogP) is 1.83. The van der Waals surface area contributed by atoms with Gasteiger partial charge in [-0.25, -0.2) is 4.98 Å². The first-order valence-electron chi connectivity index (χ1n) is 7.11. The highest BCUT2D eigenvalue weighted by Gasteiger charge is 2.23. The van der Waals surface area contributed by atoms with Crippen LogP contribution < -0.4 is 5.56 Å². The molecule has 0 spiro atoms. The third kappa shape index (κ3) is 2.76. The van der Waals surface area contributed by atoms with Crippen LogP contribution >= 0.6 is 11.8 Å². The molecule has 1 aliphatic heterocycles. The minimum absolute atomic E-state index is 0.0973. The topological polar surface area (TPSA) is 64.8 Å². The van der Waals surface area contributed by atoms with Gasteiger partial charge < -0.3 is 9.97 Å². The number of nitrogens with one attached hydrogen (secondary N) is 2. The van der Waals surface area contributed by atoms with Crippen LogP contribution in [0.5, 0.6) is 0 Å². The summed E-state index contributed by atoms with van der Waals surface area (Å²) in [6, 6.07) is 0. The first-order chi connectivity index (χ1) is 9.78. The highest BCUT2D eigenvalue weighted by atomic mass is 32.2. The molecule has 3 heterocycles. The lowest BCUT2D eigenvalue weighted by atomic mass is 10.2. The molecule has 1 atom stereocenters. The van der Waals surface area contributed by atoms with Gasteiger partial charge in [-0.3, -0.25) is 9.69 Å². The fourth-order valence-corrected chi connectivity index (χ4v) is 3.68. The van der Waals surface area contributed by atoms with Crippen molar-refractivity contribution >= 4 is 22.8 Å². The van der Waals surface area contributed by atoms with Gasteiger partial charge in [0.1, 0.15) is 5.52 Å². The van der Waals surface area contributed by atoms with Crippen LogP contribution in [0.2, 0.25) is 0 Å². The van der Waals surface area contributed by atoms with Crippen molar-refractivity contribution < 1.29 is 0 Å². The van der Waals surface area contributed by atoms with Crippen molar-refractivity contribution in [3.05, 3.63) is 28.4 Å². The molecule has 0 aromatic carbocycles. The number of thioether (sulfide) groups is 1. The average molecular weight is 292 g/mol. The Labute approximate surface area is 122 Å². The smallest absolute Gasteiger partial charge is 0.275 e. The van der Waals surface area contributed by atoms with Crippen LogP contribution in [0.15, 0.2) is 17.3 Å². The summed E-state index contributed by atoms with van der Waals surface area (Å²) in [6.07, 6.45) is 4.68. The first kappa shape index (κ1) is 13.7. The Bertz CT molecular complexity index is 635. The van der Waals surface area contributed by atoms with Crippen molar-refractivity contribution in [1.29, 1.82) is 0 Å². The number of rotatable bonds is 5. The van der Waals surface area contributed by atoms with Crippen LogP contribution in [0.3, 0.4) is 0 Å². The highest BCUT2D eigenvalue weighted by Crippen LogP contribution is 2.23. The molecule has 1 unspecified atom stereocenters. The van der Waals surface area contributed by atoms with Gasteiger partial charge in [-0.2, -0.15) is 11.8 Å². The lowest BCUT2D eigenvalue weighted by Gasteiger charge is -2.15. The maximum absolute atomic E-state index is 11.7. The van der Waals surface area contributed by atoms with E-state index in [1.807, 2.05) is 18.0 Å². The predicted molar refractivity (Wildman–Crippen MR) is 83.1 cm³/mol. The van der Waals surface area contributed by atoms with E-state index in [0.29, 0.717) is 5.52 Å². The van der Waals surface area contributed by atoms with Gasteiger partial charge in [-0.1, -0.05) is 6.92 Å². The van der Waals surface area contributed by atoms with Gasteiger partial charge in [0.05, 0.1) is 11.8 Å². The Kier molecular flexibility index (Phi) is 4.12. The summed E-state index contributed by atoms with van der Waals surface area (Å²) in [5, 5.41) is 0. The number of aromatic amines is 2. The molecule has 108 valence electrons. The second kappa shape index (κ2) is 6.01. The summed E-state index contributed by atoms with van der Waals surface area (Å²) in [7, 11) is 0. The number of hydrogen-bond acceptors (Lipinski definition) is 4. The van der Waals surface area contributed by atoms with Crippen molar-refractivity contribution in [3.63, 3.8) is 0 Å². The first-order valence-corrected chi connectivity index (χ1v) is 8.27. The summed E-state index contributed by atoms with van der Waals surface area (Å²) in [5.74, 6) is 3.27. The normalized spacial score (nSPS) is 19.9. The lowest BCUT2D eigenvalue weighted by molar-refractivity contribution is 0.322. The quantitative estimate of drug-likeness (QED) is 0.882. The summed E-state index contributed by atoms with van der Waals surface area (Å²) in [4.78, 5) is 24.1. The van der Waals surface area contributed by atoms with E-state index in [1.165, 1.54) is 24.3 Å². The molecule has 5 nitrogen and oxygen atoms in total.